The minimum atomic E-state index is -1.80. The molecule has 0 unspecified atom stereocenters. The average molecular weight is 832 g/mol. The SMILES string of the molecule is NC(=O)C[C@H](NC(=O)[C@H](CCC(=O)O)NC(=O)[C@H](Cc1ccccc1)NC(=O)[C@H](Cc1ccccc1)NC(=O)[C@H](CCC(=O)O)NC(=O)[C@@H](N)Cc1ccccc1)C(=O)O. The molecule has 0 saturated heterocycles. The van der Waals surface area contributed by atoms with Gasteiger partial charge in [0.05, 0.1) is 12.5 Å². The molecule has 0 radical (unpaired) electrons. The second kappa shape index (κ2) is 23.9. The summed E-state index contributed by atoms with van der Waals surface area (Å²) in [7, 11) is 0. The number of carbonyl (C=O) groups excluding carboxylic acids is 6. The van der Waals surface area contributed by atoms with E-state index in [2.05, 4.69) is 26.6 Å². The fourth-order valence-electron chi connectivity index (χ4n) is 5.92. The molecule has 0 saturated carbocycles. The van der Waals surface area contributed by atoms with Gasteiger partial charge in [0.1, 0.15) is 30.2 Å². The lowest BCUT2D eigenvalue weighted by molar-refractivity contribution is -0.144. The van der Waals surface area contributed by atoms with E-state index in [1.54, 1.807) is 91.0 Å². The van der Waals surface area contributed by atoms with Crippen LogP contribution in [0.5, 0.6) is 0 Å². The highest BCUT2D eigenvalue weighted by molar-refractivity contribution is 5.97. The maximum atomic E-state index is 14.2. The molecule has 12 N–H and O–H groups in total. The van der Waals surface area contributed by atoms with Crippen LogP contribution in [0, 0.1) is 0 Å². The molecule has 60 heavy (non-hydrogen) atoms. The molecule has 0 heterocycles. The van der Waals surface area contributed by atoms with Crippen LogP contribution in [0.1, 0.15) is 48.8 Å². The Morgan fingerprint density at radius 2 is 0.767 bits per heavy atom. The molecule has 19 heteroatoms. The van der Waals surface area contributed by atoms with Gasteiger partial charge in [-0.3, -0.25) is 38.4 Å². The Labute approximate surface area is 344 Å². The molecular weight excluding hydrogens is 782 g/mol. The summed E-state index contributed by atoms with van der Waals surface area (Å²) >= 11 is 0. The van der Waals surface area contributed by atoms with Crippen LogP contribution in [-0.4, -0.2) is 105 Å². The molecule has 0 bridgehead atoms. The highest BCUT2D eigenvalue weighted by Crippen LogP contribution is 2.11. The van der Waals surface area contributed by atoms with Gasteiger partial charge in [-0.05, 0) is 36.0 Å². The van der Waals surface area contributed by atoms with Crippen LogP contribution in [0.3, 0.4) is 0 Å². The van der Waals surface area contributed by atoms with Crippen molar-refractivity contribution in [1.82, 2.24) is 26.6 Å². The molecule has 0 aliphatic carbocycles. The summed E-state index contributed by atoms with van der Waals surface area (Å²) < 4.78 is 0. The third-order valence-electron chi connectivity index (χ3n) is 9.05. The highest BCUT2D eigenvalue weighted by atomic mass is 16.4. The number of amides is 6. The molecule has 3 aromatic carbocycles. The first-order chi connectivity index (χ1) is 28.5. The van der Waals surface area contributed by atoms with Gasteiger partial charge >= 0.3 is 17.9 Å². The Morgan fingerprint density at radius 1 is 0.450 bits per heavy atom. The quantitative estimate of drug-likeness (QED) is 0.0499. The zero-order valence-corrected chi connectivity index (χ0v) is 32.5. The molecule has 3 rings (SSSR count). The number of primary amides is 1. The lowest BCUT2D eigenvalue weighted by Crippen LogP contribution is -2.60. The van der Waals surface area contributed by atoms with Crippen molar-refractivity contribution in [2.24, 2.45) is 11.5 Å². The van der Waals surface area contributed by atoms with Gasteiger partial charge in [0.25, 0.3) is 0 Å². The van der Waals surface area contributed by atoms with Crippen LogP contribution < -0.4 is 38.1 Å². The monoisotopic (exact) mass is 831 g/mol. The number of rotatable bonds is 25. The normalized spacial score (nSPS) is 13.8. The van der Waals surface area contributed by atoms with E-state index in [-0.39, 0.29) is 25.7 Å². The van der Waals surface area contributed by atoms with E-state index in [4.69, 9.17) is 11.5 Å². The van der Waals surface area contributed by atoms with E-state index in [1.807, 2.05) is 0 Å². The van der Waals surface area contributed by atoms with Gasteiger partial charge in [-0.25, -0.2) is 4.79 Å². The first-order valence-electron chi connectivity index (χ1n) is 18.9. The summed E-state index contributed by atoms with van der Waals surface area (Å²) in [6, 6.07) is 16.6. The van der Waals surface area contributed by atoms with Gasteiger partial charge in [0, 0.05) is 25.7 Å². The van der Waals surface area contributed by atoms with Crippen LogP contribution in [0.15, 0.2) is 91.0 Å². The van der Waals surface area contributed by atoms with E-state index < -0.39 is 115 Å². The maximum absolute atomic E-state index is 14.2. The molecule has 0 aromatic heterocycles. The summed E-state index contributed by atoms with van der Waals surface area (Å²) in [5, 5.41) is 40.4. The van der Waals surface area contributed by atoms with Crippen LogP contribution in [0.2, 0.25) is 0 Å². The smallest absolute Gasteiger partial charge is 0.326 e. The molecule has 6 atom stereocenters. The molecular formula is C41H49N7O12. The number of carbonyl (C=O) groups is 9. The number of nitrogens with two attached hydrogens (primary N) is 2. The Bertz CT molecular complexity index is 1970. The van der Waals surface area contributed by atoms with Crippen molar-refractivity contribution in [2.75, 3.05) is 0 Å². The Morgan fingerprint density at radius 3 is 1.12 bits per heavy atom. The fourth-order valence-corrected chi connectivity index (χ4v) is 5.92. The molecule has 0 aliphatic heterocycles. The number of carboxylic acids is 3. The third kappa shape index (κ3) is 16.8. The third-order valence-corrected chi connectivity index (χ3v) is 9.05. The zero-order valence-electron chi connectivity index (χ0n) is 32.5. The number of carboxylic acid groups (broad SMARTS) is 3. The van der Waals surface area contributed by atoms with Crippen molar-refractivity contribution in [3.8, 4) is 0 Å². The standard InChI is InChI=1S/C41H49N7O12/c42-27(20-24-10-4-1-5-11-24)36(54)44-28(16-18-34(50)51)37(55)46-31(22-26-14-8-3-9-15-26)40(58)47-30(21-25-12-6-2-7-13-25)39(57)45-29(17-19-35(52)53)38(56)48-32(41(59)60)23-33(43)49/h1-15,27-32H,16-23,42H2,(H2,43,49)(H,44,54)(H,45,57)(H,46,55)(H,47,58)(H,48,56)(H,50,51)(H,52,53)(H,59,60)/t27-,28-,29-,30-,31-,32-/m0/s1. The van der Waals surface area contributed by atoms with Crippen LogP contribution in [-0.2, 0) is 62.4 Å². The van der Waals surface area contributed by atoms with Crippen LogP contribution in [0.4, 0.5) is 0 Å². The van der Waals surface area contributed by atoms with Gasteiger partial charge in [-0.2, -0.15) is 0 Å². The van der Waals surface area contributed by atoms with Crippen molar-refractivity contribution in [2.45, 2.75) is 87.6 Å². The van der Waals surface area contributed by atoms with E-state index in [1.165, 1.54) is 0 Å². The lowest BCUT2D eigenvalue weighted by atomic mass is 10.0. The average Bonchev–Trinajstić information content (AvgIpc) is 3.20. The summed E-state index contributed by atoms with van der Waals surface area (Å²) in [6.45, 7) is 0. The zero-order chi connectivity index (χ0) is 44.2. The second-order valence-corrected chi connectivity index (χ2v) is 13.9. The number of hydrogen-bond acceptors (Lipinski definition) is 10. The summed E-state index contributed by atoms with van der Waals surface area (Å²) in [5.74, 6) is -10.0. The molecule has 0 aliphatic rings. The number of benzene rings is 3. The van der Waals surface area contributed by atoms with E-state index in [9.17, 15) is 58.5 Å². The summed E-state index contributed by atoms with van der Waals surface area (Å²) in [4.78, 5) is 115. The van der Waals surface area contributed by atoms with E-state index in [0.717, 1.165) is 5.56 Å². The van der Waals surface area contributed by atoms with Crippen molar-refractivity contribution in [3.63, 3.8) is 0 Å². The summed E-state index contributed by atoms with van der Waals surface area (Å²) in [6.07, 6.45) is -3.10. The largest absolute Gasteiger partial charge is 0.481 e. The Balaban J connectivity index is 1.92. The Hall–Kier alpha value is -7.15. The Kier molecular flexibility index (Phi) is 18.8. The first kappa shape index (κ1) is 47.2. The van der Waals surface area contributed by atoms with Gasteiger partial charge in [0.15, 0.2) is 0 Å². The predicted molar refractivity (Wildman–Crippen MR) is 213 cm³/mol. The second-order valence-electron chi connectivity index (χ2n) is 13.9. The van der Waals surface area contributed by atoms with Gasteiger partial charge in [-0.1, -0.05) is 91.0 Å². The van der Waals surface area contributed by atoms with Crippen molar-refractivity contribution >= 4 is 53.4 Å². The molecule has 6 amide bonds. The summed E-state index contributed by atoms with van der Waals surface area (Å²) in [5.41, 5.74) is 13.1. The number of aliphatic carboxylic acids is 3. The molecule has 0 fully saturated rings. The lowest BCUT2D eigenvalue weighted by Gasteiger charge is -2.27. The minimum Gasteiger partial charge on any atom is -0.481 e. The van der Waals surface area contributed by atoms with Gasteiger partial charge in [0.2, 0.25) is 35.4 Å². The predicted octanol–water partition coefficient (Wildman–Crippen LogP) is -0.845. The van der Waals surface area contributed by atoms with Crippen molar-refractivity contribution < 1.29 is 58.5 Å². The van der Waals surface area contributed by atoms with Crippen molar-refractivity contribution in [1.29, 1.82) is 0 Å². The van der Waals surface area contributed by atoms with Crippen LogP contribution >= 0.6 is 0 Å². The topological polar surface area (TPSA) is 327 Å². The minimum absolute atomic E-state index is 0.107. The first-order valence-corrected chi connectivity index (χ1v) is 18.9. The van der Waals surface area contributed by atoms with Gasteiger partial charge in [-0.15, -0.1) is 0 Å². The number of nitrogens with one attached hydrogen (secondary N) is 5. The van der Waals surface area contributed by atoms with Crippen LogP contribution in [0.25, 0.3) is 0 Å². The maximum Gasteiger partial charge on any atom is 0.326 e. The molecule has 320 valence electrons. The fraction of sp³-hybridized carbons (Fsp3) is 0.341. The molecule has 3 aromatic rings. The molecule has 0 spiro atoms. The van der Waals surface area contributed by atoms with E-state index >= 15 is 0 Å². The highest BCUT2D eigenvalue weighted by Gasteiger charge is 2.34. The van der Waals surface area contributed by atoms with E-state index in [0.29, 0.717) is 11.1 Å². The molecule has 19 nitrogen and oxygen atoms in total. The van der Waals surface area contributed by atoms with Gasteiger partial charge < -0.3 is 53.4 Å². The van der Waals surface area contributed by atoms with Crippen molar-refractivity contribution in [3.05, 3.63) is 108 Å². The number of hydrogen-bond donors (Lipinski definition) is 10.